The summed E-state index contributed by atoms with van der Waals surface area (Å²) in [6.07, 6.45) is -4.14. The number of aromatic nitrogens is 2. The fourth-order valence-electron chi connectivity index (χ4n) is 1.79. The Morgan fingerprint density at radius 2 is 1.94 bits per heavy atom. The summed E-state index contributed by atoms with van der Waals surface area (Å²) in [5.41, 5.74) is -2.04. The van der Waals surface area contributed by atoms with Crippen molar-refractivity contribution in [2.75, 3.05) is 6.61 Å². The average molecular weight is 260 g/mol. The lowest BCUT2D eigenvalue weighted by molar-refractivity contribution is -0.0578. The van der Waals surface area contributed by atoms with Crippen LogP contribution < -0.4 is 11.2 Å². The molecule has 0 saturated carbocycles. The Hall–Kier alpha value is -1.68. The lowest BCUT2D eigenvalue weighted by atomic mass is 10.1. The van der Waals surface area contributed by atoms with E-state index in [0.29, 0.717) is 0 Å². The van der Waals surface area contributed by atoms with Gasteiger partial charge in [-0.15, -0.1) is 0 Å². The smallest absolute Gasteiger partial charge is 0.366 e. The third-order valence-corrected chi connectivity index (χ3v) is 2.78. The molecule has 0 bridgehead atoms. The predicted molar refractivity (Wildman–Crippen MR) is 55.2 cm³/mol. The summed E-state index contributed by atoms with van der Waals surface area (Å²) < 4.78 is 5.69. The molecule has 1 aliphatic heterocycles. The van der Waals surface area contributed by atoms with Crippen LogP contribution in [0.15, 0.2) is 21.9 Å². The minimum Gasteiger partial charge on any atom is -0.421 e. The van der Waals surface area contributed by atoms with E-state index < -0.39 is 42.4 Å². The first kappa shape index (κ1) is 12.8. The third-order valence-electron chi connectivity index (χ3n) is 2.78. The summed E-state index contributed by atoms with van der Waals surface area (Å²) in [4.78, 5) is 22.5. The molecule has 9 nitrogen and oxygen atoms in total. The molecule has 0 radical (unpaired) electrons. The number of aliphatic hydroxyl groups is 3. The van der Waals surface area contributed by atoms with Crippen LogP contribution in [-0.4, -0.2) is 54.7 Å². The summed E-state index contributed by atoms with van der Waals surface area (Å²) >= 11 is 0. The molecular weight excluding hydrogens is 248 g/mol. The lowest BCUT2D eigenvalue weighted by Crippen LogP contribution is -2.42. The van der Waals surface area contributed by atoms with E-state index in [1.54, 1.807) is 0 Å². The summed E-state index contributed by atoms with van der Waals surface area (Å²) in [5, 5.41) is 37.2. The van der Waals surface area contributed by atoms with Crippen LogP contribution in [0.4, 0.5) is 0 Å². The van der Waals surface area contributed by atoms with Crippen LogP contribution in [0.25, 0.3) is 0 Å². The third kappa shape index (κ3) is 1.82. The molecule has 0 aliphatic carbocycles. The zero-order valence-electron chi connectivity index (χ0n) is 9.08. The maximum atomic E-state index is 11.6. The highest BCUT2D eigenvalue weighted by Gasteiger charge is 2.43. The minimum absolute atomic E-state index is 0.144. The second-order valence-corrected chi connectivity index (χ2v) is 3.88. The van der Waals surface area contributed by atoms with Gasteiger partial charge in [0.2, 0.25) is 0 Å². The van der Waals surface area contributed by atoms with E-state index in [-0.39, 0.29) is 4.73 Å². The maximum absolute atomic E-state index is 11.6. The highest BCUT2D eigenvalue weighted by atomic mass is 16.6. The molecule has 0 unspecified atom stereocenters. The first-order valence-corrected chi connectivity index (χ1v) is 5.13. The Kier molecular flexibility index (Phi) is 3.22. The van der Waals surface area contributed by atoms with E-state index in [4.69, 9.17) is 15.1 Å². The van der Waals surface area contributed by atoms with Gasteiger partial charge in [0, 0.05) is 12.3 Å². The van der Waals surface area contributed by atoms with E-state index in [1.807, 2.05) is 0 Å². The molecule has 0 spiro atoms. The summed E-state index contributed by atoms with van der Waals surface area (Å²) in [7, 11) is 0. The highest BCUT2D eigenvalue weighted by Crippen LogP contribution is 2.27. The van der Waals surface area contributed by atoms with Gasteiger partial charge in [0.15, 0.2) is 6.23 Å². The maximum Gasteiger partial charge on any atom is 0.366 e. The second-order valence-electron chi connectivity index (χ2n) is 3.88. The fraction of sp³-hybridized carbons (Fsp3) is 0.556. The summed E-state index contributed by atoms with van der Waals surface area (Å²) in [6, 6.07) is 0.899. The molecule has 1 aliphatic rings. The van der Waals surface area contributed by atoms with E-state index in [9.17, 15) is 19.8 Å². The van der Waals surface area contributed by atoms with Crippen LogP contribution in [0, 0.1) is 0 Å². The Bertz CT molecular complexity index is 551. The van der Waals surface area contributed by atoms with Crippen LogP contribution >= 0.6 is 0 Å². The molecule has 9 heteroatoms. The minimum atomic E-state index is -1.46. The van der Waals surface area contributed by atoms with Crippen molar-refractivity contribution < 1.29 is 25.3 Å². The van der Waals surface area contributed by atoms with Crippen LogP contribution in [0.1, 0.15) is 6.23 Å². The normalized spacial score (nSPS) is 31.7. The van der Waals surface area contributed by atoms with Gasteiger partial charge in [-0.05, 0) is 0 Å². The van der Waals surface area contributed by atoms with E-state index >= 15 is 0 Å². The zero-order valence-corrected chi connectivity index (χ0v) is 9.08. The average Bonchev–Trinajstić information content (AvgIpc) is 2.64. The molecular formula is C9H12N2O7. The van der Waals surface area contributed by atoms with Crippen LogP contribution in [-0.2, 0) is 4.74 Å². The number of aliphatic hydroxyl groups excluding tert-OH is 3. The van der Waals surface area contributed by atoms with Gasteiger partial charge < -0.3 is 25.3 Å². The Morgan fingerprint density at radius 3 is 2.50 bits per heavy atom. The van der Waals surface area contributed by atoms with Crippen LogP contribution in [0.5, 0.6) is 0 Å². The fourth-order valence-corrected chi connectivity index (χ4v) is 1.79. The summed E-state index contributed by atoms with van der Waals surface area (Å²) in [6.45, 7) is -0.539. The molecule has 0 amide bonds. The van der Waals surface area contributed by atoms with Crippen molar-refractivity contribution in [1.82, 2.24) is 9.30 Å². The molecule has 2 heterocycles. The predicted octanol–water partition coefficient (Wildman–Crippen LogP) is -3.14. The van der Waals surface area contributed by atoms with Crippen molar-refractivity contribution >= 4 is 0 Å². The number of rotatable bonds is 2. The topological polar surface area (TPSA) is 134 Å². The number of hydrogen-bond donors (Lipinski definition) is 4. The van der Waals surface area contributed by atoms with Gasteiger partial charge in [-0.3, -0.25) is 9.36 Å². The van der Waals surface area contributed by atoms with Crippen molar-refractivity contribution in [3.05, 3.63) is 33.1 Å². The van der Waals surface area contributed by atoms with Gasteiger partial charge in [0.05, 0.1) is 6.61 Å². The molecule has 1 aromatic rings. The highest BCUT2D eigenvalue weighted by molar-refractivity contribution is 4.93. The largest absolute Gasteiger partial charge is 0.421 e. The number of hydrogen-bond acceptors (Lipinski definition) is 7. The van der Waals surface area contributed by atoms with Crippen molar-refractivity contribution in [3.8, 4) is 0 Å². The molecule has 2 rings (SSSR count). The van der Waals surface area contributed by atoms with Crippen molar-refractivity contribution in [1.29, 1.82) is 0 Å². The molecule has 1 aromatic heterocycles. The molecule has 1 fully saturated rings. The Balaban J connectivity index is 2.42. The van der Waals surface area contributed by atoms with Crippen molar-refractivity contribution in [2.45, 2.75) is 24.5 Å². The monoisotopic (exact) mass is 260 g/mol. The van der Waals surface area contributed by atoms with Crippen molar-refractivity contribution in [2.24, 2.45) is 0 Å². The first-order valence-electron chi connectivity index (χ1n) is 5.13. The molecule has 100 valence electrons. The first-order chi connectivity index (χ1) is 8.47. The molecule has 4 atom stereocenters. The SMILES string of the molecule is O=c1ccn([C@@H]2O[C@H](CO)[C@@H](O)[C@H]2O)c(=O)n1O. The van der Waals surface area contributed by atoms with Gasteiger partial charge in [0.25, 0.3) is 5.56 Å². The number of nitrogens with zero attached hydrogens (tertiary/aromatic N) is 2. The van der Waals surface area contributed by atoms with Crippen LogP contribution in [0.3, 0.4) is 0 Å². The van der Waals surface area contributed by atoms with Gasteiger partial charge >= 0.3 is 5.69 Å². The van der Waals surface area contributed by atoms with Gasteiger partial charge in [-0.25, -0.2) is 4.79 Å². The van der Waals surface area contributed by atoms with Gasteiger partial charge in [-0.2, -0.15) is 0 Å². The van der Waals surface area contributed by atoms with Crippen molar-refractivity contribution in [3.63, 3.8) is 0 Å². The zero-order chi connectivity index (χ0) is 13.4. The number of ether oxygens (including phenoxy) is 1. The quantitative estimate of drug-likeness (QED) is 0.413. The standard InChI is InChI=1S/C9H12N2O7/c12-3-4-6(14)7(15)8(18-4)10-2-1-5(13)11(17)9(10)16/h1-2,4,6-8,12,14-15,17H,3H2/t4-,6-,7-,8-/m1/s1. The van der Waals surface area contributed by atoms with Gasteiger partial charge in [0.1, 0.15) is 18.3 Å². The molecule has 4 N–H and O–H groups in total. The molecule has 0 aromatic carbocycles. The lowest BCUT2D eigenvalue weighted by Gasteiger charge is -2.17. The Morgan fingerprint density at radius 1 is 1.28 bits per heavy atom. The summed E-state index contributed by atoms with van der Waals surface area (Å²) in [5.74, 6) is 0. The second kappa shape index (κ2) is 4.53. The van der Waals surface area contributed by atoms with E-state index in [1.165, 1.54) is 0 Å². The molecule has 18 heavy (non-hydrogen) atoms. The Labute approximate surface area is 99.7 Å². The van der Waals surface area contributed by atoms with E-state index in [0.717, 1.165) is 16.8 Å². The van der Waals surface area contributed by atoms with Crippen LogP contribution in [0.2, 0.25) is 0 Å². The molecule has 1 saturated heterocycles. The van der Waals surface area contributed by atoms with E-state index in [2.05, 4.69) is 0 Å². The van der Waals surface area contributed by atoms with Gasteiger partial charge in [-0.1, -0.05) is 4.73 Å².